The van der Waals surface area contributed by atoms with Gasteiger partial charge in [0.1, 0.15) is 12.4 Å². The number of ether oxygens (including phenoxy) is 1. The number of amides is 1. The predicted octanol–water partition coefficient (Wildman–Crippen LogP) is 3.97. The van der Waals surface area contributed by atoms with Gasteiger partial charge < -0.3 is 10.1 Å². The highest BCUT2D eigenvalue weighted by molar-refractivity contribution is 5.86. The number of nitrogens with one attached hydrogen (secondary N) is 1. The van der Waals surface area contributed by atoms with Gasteiger partial charge in [-0.15, -0.1) is 0 Å². The molecule has 1 amide bonds. The highest BCUT2D eigenvalue weighted by Gasteiger charge is 2.40. The van der Waals surface area contributed by atoms with E-state index in [0.29, 0.717) is 6.42 Å². The number of carbonyl (C=O) groups excluding carboxylic acids is 2. The minimum Gasteiger partial charge on any atom is -0.366 e. The zero-order valence-corrected chi connectivity index (χ0v) is 16.8. The van der Waals surface area contributed by atoms with Gasteiger partial charge in [0, 0.05) is 17.9 Å². The second-order valence-electron chi connectivity index (χ2n) is 9.32. The Balaban J connectivity index is 4.83. The summed E-state index contributed by atoms with van der Waals surface area (Å²) < 4.78 is 5.50. The van der Waals surface area contributed by atoms with Crippen molar-refractivity contribution in [2.75, 3.05) is 6.61 Å². The van der Waals surface area contributed by atoms with Gasteiger partial charge in [-0.05, 0) is 32.1 Å². The normalized spacial score (nSPS) is 14.7. The van der Waals surface area contributed by atoms with Gasteiger partial charge in [0.05, 0.1) is 5.60 Å². The molecule has 0 aromatic rings. The highest BCUT2D eigenvalue weighted by Crippen LogP contribution is 2.39. The summed E-state index contributed by atoms with van der Waals surface area (Å²) in [4.78, 5) is 24.8. The molecule has 0 aromatic heterocycles. The zero-order chi connectivity index (χ0) is 18.6. The van der Waals surface area contributed by atoms with E-state index < -0.39 is 5.41 Å². The standard InChI is InChI=1S/C19H37NO3/c1-13(2)14(20-16(22)12-23-18(6,7)8)11-15(21)19(9,10)17(3,4)5/h13-14H,11-12H2,1-10H3,(H,20,22)/t14-/m0/s1. The number of hydrogen-bond donors (Lipinski definition) is 1. The Morgan fingerprint density at radius 3 is 1.78 bits per heavy atom. The van der Waals surface area contributed by atoms with Crippen LogP contribution in [-0.4, -0.2) is 29.9 Å². The average molecular weight is 328 g/mol. The molecule has 0 aliphatic heterocycles. The quantitative estimate of drug-likeness (QED) is 0.769. The fourth-order valence-electron chi connectivity index (χ4n) is 1.86. The van der Waals surface area contributed by atoms with E-state index in [1.165, 1.54) is 0 Å². The second-order valence-corrected chi connectivity index (χ2v) is 9.32. The van der Waals surface area contributed by atoms with E-state index in [0.717, 1.165) is 0 Å². The molecule has 0 aromatic carbocycles. The molecule has 1 N–H and O–H groups in total. The summed E-state index contributed by atoms with van der Waals surface area (Å²) in [5.41, 5.74) is -0.910. The molecule has 0 saturated heterocycles. The van der Waals surface area contributed by atoms with Crippen molar-refractivity contribution < 1.29 is 14.3 Å². The molecular formula is C19H37NO3. The van der Waals surface area contributed by atoms with E-state index in [4.69, 9.17) is 4.74 Å². The summed E-state index contributed by atoms with van der Waals surface area (Å²) in [7, 11) is 0. The van der Waals surface area contributed by atoms with Gasteiger partial charge in [-0.1, -0.05) is 48.5 Å². The first-order chi connectivity index (χ1) is 10.1. The maximum Gasteiger partial charge on any atom is 0.246 e. The van der Waals surface area contributed by atoms with Crippen molar-refractivity contribution in [3.05, 3.63) is 0 Å². The molecular weight excluding hydrogens is 290 g/mol. The van der Waals surface area contributed by atoms with Crippen LogP contribution in [0.5, 0.6) is 0 Å². The third kappa shape index (κ3) is 7.47. The second kappa shape index (κ2) is 7.78. The van der Waals surface area contributed by atoms with Crippen LogP contribution in [0, 0.1) is 16.7 Å². The Morgan fingerprint density at radius 2 is 1.43 bits per heavy atom. The third-order valence-corrected chi connectivity index (χ3v) is 4.76. The summed E-state index contributed by atoms with van der Waals surface area (Å²) in [6.07, 6.45) is 0.350. The SMILES string of the molecule is CC(C)[C@H](CC(=O)C(C)(C)C(C)(C)C)NC(=O)COC(C)(C)C. The first-order valence-corrected chi connectivity index (χ1v) is 8.54. The molecule has 1 atom stereocenters. The minimum atomic E-state index is -0.438. The molecule has 0 radical (unpaired) electrons. The van der Waals surface area contributed by atoms with Crippen molar-refractivity contribution in [3.63, 3.8) is 0 Å². The van der Waals surface area contributed by atoms with E-state index in [1.54, 1.807) is 0 Å². The lowest BCUT2D eigenvalue weighted by Gasteiger charge is -2.38. The van der Waals surface area contributed by atoms with Crippen LogP contribution in [-0.2, 0) is 14.3 Å². The molecule has 0 bridgehead atoms. The van der Waals surface area contributed by atoms with Crippen LogP contribution in [0.4, 0.5) is 0 Å². The summed E-state index contributed by atoms with van der Waals surface area (Å²) >= 11 is 0. The Hall–Kier alpha value is -0.900. The lowest BCUT2D eigenvalue weighted by molar-refractivity contribution is -0.135. The Morgan fingerprint density at radius 1 is 0.957 bits per heavy atom. The molecule has 0 spiro atoms. The molecule has 0 heterocycles. The molecule has 136 valence electrons. The third-order valence-electron chi connectivity index (χ3n) is 4.76. The fourth-order valence-corrected chi connectivity index (χ4v) is 1.86. The van der Waals surface area contributed by atoms with Crippen molar-refractivity contribution in [2.45, 2.75) is 87.3 Å². The largest absolute Gasteiger partial charge is 0.366 e. The van der Waals surface area contributed by atoms with Crippen LogP contribution in [0.2, 0.25) is 0 Å². The monoisotopic (exact) mass is 327 g/mol. The van der Waals surface area contributed by atoms with Crippen LogP contribution in [0.15, 0.2) is 0 Å². The lowest BCUT2D eigenvalue weighted by atomic mass is 9.65. The number of carbonyl (C=O) groups is 2. The number of hydrogen-bond acceptors (Lipinski definition) is 3. The van der Waals surface area contributed by atoms with Crippen molar-refractivity contribution >= 4 is 11.7 Å². The summed E-state index contributed by atoms with van der Waals surface area (Å²) in [6.45, 7) is 20.0. The van der Waals surface area contributed by atoms with Crippen LogP contribution in [0.1, 0.15) is 75.7 Å². The van der Waals surface area contributed by atoms with Crippen LogP contribution in [0.25, 0.3) is 0 Å². The van der Waals surface area contributed by atoms with Crippen LogP contribution >= 0.6 is 0 Å². The average Bonchev–Trinajstić information content (AvgIpc) is 2.32. The Kier molecular flexibility index (Phi) is 7.48. The summed E-state index contributed by atoms with van der Waals surface area (Å²) in [5, 5.41) is 2.96. The first-order valence-electron chi connectivity index (χ1n) is 8.54. The molecule has 4 nitrogen and oxygen atoms in total. The molecule has 0 aliphatic carbocycles. The summed E-state index contributed by atoms with van der Waals surface area (Å²) in [5.74, 6) is 0.203. The molecule has 4 heteroatoms. The zero-order valence-electron chi connectivity index (χ0n) is 16.8. The Labute approximate surface area is 142 Å². The fraction of sp³-hybridized carbons (Fsp3) is 0.895. The van der Waals surface area contributed by atoms with E-state index in [1.807, 2.05) is 48.5 Å². The van der Waals surface area contributed by atoms with Gasteiger partial charge in [-0.2, -0.15) is 0 Å². The molecule has 0 unspecified atom stereocenters. The molecule has 23 heavy (non-hydrogen) atoms. The molecule has 0 saturated carbocycles. The van der Waals surface area contributed by atoms with Gasteiger partial charge in [-0.25, -0.2) is 0 Å². The van der Waals surface area contributed by atoms with Crippen LogP contribution in [0.3, 0.4) is 0 Å². The van der Waals surface area contributed by atoms with Crippen molar-refractivity contribution in [2.24, 2.45) is 16.7 Å². The molecule has 0 aliphatic rings. The van der Waals surface area contributed by atoms with E-state index in [2.05, 4.69) is 26.1 Å². The van der Waals surface area contributed by atoms with Gasteiger partial charge in [-0.3, -0.25) is 9.59 Å². The molecule has 0 rings (SSSR count). The van der Waals surface area contributed by atoms with Crippen molar-refractivity contribution in [3.8, 4) is 0 Å². The molecule has 0 fully saturated rings. The van der Waals surface area contributed by atoms with Gasteiger partial charge in [0.25, 0.3) is 0 Å². The van der Waals surface area contributed by atoms with Gasteiger partial charge in [0.2, 0.25) is 5.91 Å². The van der Waals surface area contributed by atoms with Crippen LogP contribution < -0.4 is 5.32 Å². The maximum atomic E-state index is 12.7. The summed E-state index contributed by atoms with van der Waals surface area (Å²) in [6, 6.07) is -0.166. The smallest absolute Gasteiger partial charge is 0.246 e. The Bertz CT molecular complexity index is 411. The van der Waals surface area contributed by atoms with E-state index >= 15 is 0 Å². The van der Waals surface area contributed by atoms with Gasteiger partial charge >= 0.3 is 0 Å². The first kappa shape index (κ1) is 22.1. The minimum absolute atomic E-state index is 0.0174. The van der Waals surface area contributed by atoms with Gasteiger partial charge in [0.15, 0.2) is 0 Å². The number of rotatable bonds is 7. The van der Waals surface area contributed by atoms with E-state index in [9.17, 15) is 9.59 Å². The van der Waals surface area contributed by atoms with Crippen molar-refractivity contribution in [1.82, 2.24) is 5.32 Å². The highest BCUT2D eigenvalue weighted by atomic mass is 16.5. The van der Waals surface area contributed by atoms with E-state index in [-0.39, 0.29) is 41.3 Å². The topological polar surface area (TPSA) is 55.4 Å². The van der Waals surface area contributed by atoms with Crippen molar-refractivity contribution in [1.29, 1.82) is 0 Å². The number of Topliss-reactive ketones (excluding diaryl/α,β-unsaturated/α-hetero) is 1. The maximum absolute atomic E-state index is 12.7. The predicted molar refractivity (Wildman–Crippen MR) is 95.3 cm³/mol. The lowest BCUT2D eigenvalue weighted by Crippen LogP contribution is -2.46. The number of ketones is 1.